The van der Waals surface area contributed by atoms with Gasteiger partial charge in [0, 0.05) is 6.04 Å². The van der Waals surface area contributed by atoms with Crippen LogP contribution in [0.3, 0.4) is 0 Å². The quantitative estimate of drug-likeness (QED) is 0.601. The van der Waals surface area contributed by atoms with Crippen LogP contribution in [-0.2, 0) is 4.74 Å². The van der Waals surface area contributed by atoms with Crippen LogP contribution in [-0.4, -0.2) is 65.8 Å². The normalized spacial score (nSPS) is 39.1. The van der Waals surface area contributed by atoms with Crippen molar-refractivity contribution in [3.05, 3.63) is 12.7 Å². The van der Waals surface area contributed by atoms with Crippen molar-refractivity contribution >= 4 is 17.0 Å². The second kappa shape index (κ2) is 6.12. The smallest absolute Gasteiger partial charge is 0.167 e. The molecular formula is C17H23N5O4. The van der Waals surface area contributed by atoms with Crippen LogP contribution in [0, 0.1) is 11.8 Å². The van der Waals surface area contributed by atoms with Crippen LogP contribution in [0.4, 0.5) is 5.82 Å². The molecule has 3 heterocycles. The van der Waals surface area contributed by atoms with Gasteiger partial charge in [0.1, 0.15) is 24.6 Å². The summed E-state index contributed by atoms with van der Waals surface area (Å²) in [6, 6.07) is 0.422. The highest BCUT2D eigenvalue weighted by Crippen LogP contribution is 2.45. The number of aromatic nitrogens is 4. The van der Waals surface area contributed by atoms with E-state index >= 15 is 0 Å². The number of hydrogen-bond donors (Lipinski definition) is 4. The summed E-state index contributed by atoms with van der Waals surface area (Å²) in [4.78, 5) is 13.1. The van der Waals surface area contributed by atoms with Gasteiger partial charge >= 0.3 is 0 Å². The van der Waals surface area contributed by atoms with Gasteiger partial charge in [-0.3, -0.25) is 4.57 Å². The molecule has 2 bridgehead atoms. The maximum absolute atomic E-state index is 10.3. The third-order valence-corrected chi connectivity index (χ3v) is 6.21. The third kappa shape index (κ3) is 2.42. The van der Waals surface area contributed by atoms with Crippen molar-refractivity contribution < 1.29 is 20.1 Å². The summed E-state index contributed by atoms with van der Waals surface area (Å²) < 4.78 is 7.18. The molecule has 26 heavy (non-hydrogen) atoms. The van der Waals surface area contributed by atoms with Crippen LogP contribution in [0.2, 0.25) is 0 Å². The van der Waals surface area contributed by atoms with Crippen LogP contribution < -0.4 is 5.32 Å². The first kappa shape index (κ1) is 16.4. The van der Waals surface area contributed by atoms with Gasteiger partial charge in [-0.2, -0.15) is 0 Å². The Morgan fingerprint density at radius 3 is 2.73 bits per heavy atom. The topological polar surface area (TPSA) is 126 Å². The summed E-state index contributed by atoms with van der Waals surface area (Å²) in [6.07, 6.45) is 4.07. The van der Waals surface area contributed by atoms with Gasteiger partial charge in [-0.1, -0.05) is 6.42 Å². The molecule has 0 radical (unpaired) electrons. The number of nitrogens with one attached hydrogen (secondary N) is 1. The lowest BCUT2D eigenvalue weighted by Crippen LogP contribution is -2.33. The molecule has 0 spiro atoms. The second-order valence-corrected chi connectivity index (χ2v) is 7.70. The number of fused-ring (bicyclic) bond motifs is 3. The molecule has 9 heteroatoms. The summed E-state index contributed by atoms with van der Waals surface area (Å²) in [5, 5.41) is 33.1. The van der Waals surface area contributed by atoms with Crippen LogP contribution in [0.25, 0.3) is 11.2 Å². The van der Waals surface area contributed by atoms with Crippen molar-refractivity contribution in [2.24, 2.45) is 11.8 Å². The van der Waals surface area contributed by atoms with E-state index in [9.17, 15) is 15.3 Å². The molecule has 2 aliphatic carbocycles. The molecule has 4 N–H and O–H groups in total. The Kier molecular flexibility index (Phi) is 3.85. The van der Waals surface area contributed by atoms with Crippen LogP contribution in [0.5, 0.6) is 0 Å². The SMILES string of the molecule is OC[C@H]1O[C@@H](n2cnc3c(NC4CC5CCC4C5)ncnc32)[C@@H](O)[C@@H]1O. The van der Waals surface area contributed by atoms with Gasteiger partial charge in [-0.15, -0.1) is 0 Å². The zero-order chi connectivity index (χ0) is 17.8. The summed E-state index contributed by atoms with van der Waals surface area (Å²) >= 11 is 0. The Bertz CT molecular complexity index is 814. The standard InChI is InChI=1S/C17H23N5O4/c23-5-11-13(24)14(25)17(26-11)22-7-20-12-15(18-6-19-16(12)22)21-10-4-8-1-2-9(10)3-8/h6-11,13-14,17,23-25H,1-5H2,(H,18,19,21)/t8?,9?,10?,11-,13-,14+,17-/m1/s1. The van der Waals surface area contributed by atoms with Crippen molar-refractivity contribution in [3.8, 4) is 0 Å². The molecule has 7 atom stereocenters. The number of nitrogens with zero attached hydrogens (tertiary/aromatic N) is 4. The van der Waals surface area contributed by atoms with Crippen molar-refractivity contribution in [1.29, 1.82) is 0 Å². The molecule has 3 aliphatic rings. The minimum atomic E-state index is -1.17. The third-order valence-electron chi connectivity index (χ3n) is 6.21. The Morgan fingerprint density at radius 1 is 1.15 bits per heavy atom. The largest absolute Gasteiger partial charge is 0.394 e. The number of imidazole rings is 1. The van der Waals surface area contributed by atoms with E-state index in [-0.39, 0.29) is 6.61 Å². The van der Waals surface area contributed by atoms with Gasteiger partial charge in [-0.25, -0.2) is 15.0 Å². The number of rotatable bonds is 4. The average Bonchev–Trinajstić information content (AvgIpc) is 3.41. The van der Waals surface area contributed by atoms with Crippen LogP contribution in [0.1, 0.15) is 31.9 Å². The summed E-state index contributed by atoms with van der Waals surface area (Å²) in [7, 11) is 0. The van der Waals surface area contributed by atoms with E-state index in [1.165, 1.54) is 38.3 Å². The summed E-state index contributed by atoms with van der Waals surface area (Å²) in [6.45, 7) is -0.368. The minimum absolute atomic E-state index is 0.368. The Morgan fingerprint density at radius 2 is 2.04 bits per heavy atom. The van der Waals surface area contributed by atoms with E-state index in [0.29, 0.717) is 28.9 Å². The first-order valence-electron chi connectivity index (χ1n) is 9.22. The van der Waals surface area contributed by atoms with Gasteiger partial charge in [0.15, 0.2) is 23.2 Å². The summed E-state index contributed by atoms with van der Waals surface area (Å²) in [5.41, 5.74) is 1.15. The van der Waals surface area contributed by atoms with Crippen LogP contribution in [0.15, 0.2) is 12.7 Å². The van der Waals surface area contributed by atoms with E-state index < -0.39 is 24.5 Å². The molecule has 1 saturated heterocycles. The van der Waals surface area contributed by atoms with Gasteiger partial charge in [0.25, 0.3) is 0 Å². The molecule has 0 aromatic carbocycles. The highest BCUT2D eigenvalue weighted by molar-refractivity contribution is 5.82. The van der Waals surface area contributed by atoms with E-state index in [1.807, 2.05) is 0 Å². The van der Waals surface area contributed by atoms with Crippen LogP contribution >= 0.6 is 0 Å². The van der Waals surface area contributed by atoms with Gasteiger partial charge in [0.2, 0.25) is 0 Å². The van der Waals surface area contributed by atoms with Gasteiger partial charge in [0.05, 0.1) is 12.9 Å². The fourth-order valence-corrected chi connectivity index (χ4v) is 4.85. The number of hydrogen-bond acceptors (Lipinski definition) is 8. The number of aliphatic hydroxyl groups is 3. The molecule has 1 aliphatic heterocycles. The molecule has 2 saturated carbocycles. The van der Waals surface area contributed by atoms with E-state index in [0.717, 1.165) is 5.92 Å². The lowest BCUT2D eigenvalue weighted by Gasteiger charge is -2.23. The minimum Gasteiger partial charge on any atom is -0.394 e. The predicted octanol–water partition coefficient (Wildman–Crippen LogP) is 0.0383. The molecule has 5 rings (SSSR count). The van der Waals surface area contributed by atoms with Gasteiger partial charge < -0.3 is 25.4 Å². The first-order chi connectivity index (χ1) is 12.7. The molecule has 9 nitrogen and oxygen atoms in total. The fourth-order valence-electron chi connectivity index (χ4n) is 4.85. The van der Waals surface area contributed by atoms with Crippen molar-refractivity contribution in [1.82, 2.24) is 19.5 Å². The number of ether oxygens (including phenoxy) is 1. The lowest BCUT2D eigenvalue weighted by atomic mass is 9.95. The zero-order valence-corrected chi connectivity index (χ0v) is 14.3. The molecule has 3 unspecified atom stereocenters. The van der Waals surface area contributed by atoms with Crippen molar-refractivity contribution in [3.63, 3.8) is 0 Å². The maximum Gasteiger partial charge on any atom is 0.167 e. The lowest BCUT2D eigenvalue weighted by molar-refractivity contribution is -0.0511. The predicted molar refractivity (Wildman–Crippen MR) is 91.2 cm³/mol. The molecule has 3 fully saturated rings. The monoisotopic (exact) mass is 361 g/mol. The molecule has 140 valence electrons. The Labute approximate surface area is 150 Å². The average molecular weight is 361 g/mol. The Hall–Kier alpha value is -1.81. The molecular weight excluding hydrogens is 338 g/mol. The van der Waals surface area contributed by atoms with Gasteiger partial charge in [-0.05, 0) is 31.1 Å². The van der Waals surface area contributed by atoms with E-state index in [1.54, 1.807) is 4.57 Å². The molecule has 2 aromatic rings. The number of aliphatic hydroxyl groups excluding tert-OH is 3. The van der Waals surface area contributed by atoms with E-state index in [4.69, 9.17) is 4.74 Å². The van der Waals surface area contributed by atoms with E-state index in [2.05, 4.69) is 20.3 Å². The molecule has 2 aromatic heterocycles. The van der Waals surface area contributed by atoms with Crippen molar-refractivity contribution in [2.75, 3.05) is 11.9 Å². The maximum atomic E-state index is 10.3. The Balaban J connectivity index is 1.44. The first-order valence-corrected chi connectivity index (χ1v) is 9.22. The molecule has 0 amide bonds. The second-order valence-electron chi connectivity index (χ2n) is 7.70. The van der Waals surface area contributed by atoms with Crippen molar-refractivity contribution in [2.45, 2.75) is 56.3 Å². The zero-order valence-electron chi connectivity index (χ0n) is 14.3. The highest BCUT2D eigenvalue weighted by Gasteiger charge is 2.44. The summed E-state index contributed by atoms with van der Waals surface area (Å²) in [5.74, 6) is 2.22. The number of anilines is 1. The fraction of sp³-hybridized carbons (Fsp3) is 0.706. The highest BCUT2D eigenvalue weighted by atomic mass is 16.6.